The summed E-state index contributed by atoms with van der Waals surface area (Å²) >= 11 is 0. The quantitative estimate of drug-likeness (QED) is 0.0859. The van der Waals surface area contributed by atoms with Crippen LogP contribution in [0.1, 0.15) is 48.0 Å². The van der Waals surface area contributed by atoms with E-state index < -0.39 is 75.7 Å². The highest BCUT2D eigenvalue weighted by Gasteiger charge is 2.45. The van der Waals surface area contributed by atoms with Crippen molar-refractivity contribution in [3.63, 3.8) is 0 Å². The molecule has 0 bridgehead atoms. The van der Waals surface area contributed by atoms with Crippen molar-refractivity contribution in [1.29, 1.82) is 0 Å². The Kier molecular flexibility index (Phi) is 16.2. The maximum Gasteiger partial charge on any atom is 0.472 e. The molecule has 0 aromatic carbocycles. The zero-order valence-corrected chi connectivity index (χ0v) is 25.0. The Hall–Kier alpha value is -1.23. The van der Waals surface area contributed by atoms with E-state index in [0.717, 1.165) is 0 Å². The van der Waals surface area contributed by atoms with Crippen LogP contribution in [-0.4, -0.2) is 121 Å². The fourth-order valence-electron chi connectivity index (χ4n) is 3.81. The highest BCUT2D eigenvalue weighted by atomic mass is 31.2. The van der Waals surface area contributed by atoms with Gasteiger partial charge in [0.15, 0.2) is 6.29 Å². The maximum atomic E-state index is 12.2. The van der Waals surface area contributed by atoms with Crippen LogP contribution in [0.25, 0.3) is 0 Å². The maximum absolute atomic E-state index is 12.2. The minimum Gasteiger partial charge on any atom is -0.394 e. The largest absolute Gasteiger partial charge is 0.472 e. The molecule has 2 amide bonds. The van der Waals surface area contributed by atoms with Gasteiger partial charge in [-0.1, -0.05) is 20.8 Å². The van der Waals surface area contributed by atoms with Gasteiger partial charge in [-0.25, -0.2) is 4.57 Å². The van der Waals surface area contributed by atoms with Crippen LogP contribution >= 0.6 is 7.82 Å². The van der Waals surface area contributed by atoms with E-state index in [1.54, 1.807) is 13.8 Å². The van der Waals surface area contributed by atoms with E-state index in [-0.39, 0.29) is 38.4 Å². The number of aliphatic hydroxyl groups is 3. The van der Waals surface area contributed by atoms with E-state index in [1.807, 2.05) is 20.8 Å². The molecule has 16 heteroatoms. The molecule has 15 nitrogen and oxygen atoms in total. The lowest BCUT2D eigenvalue weighted by Crippen LogP contribution is -2.64. The highest BCUT2D eigenvalue weighted by molar-refractivity contribution is 7.47. The molecule has 0 radical (unpaired) electrons. The molecule has 0 aromatic heterocycles. The first-order valence-electron chi connectivity index (χ1n) is 13.2. The van der Waals surface area contributed by atoms with Crippen molar-refractivity contribution >= 4 is 19.6 Å². The van der Waals surface area contributed by atoms with E-state index in [0.29, 0.717) is 6.42 Å². The molecule has 0 aromatic rings. The number of carbonyl (C=O) groups is 2. The van der Waals surface area contributed by atoms with Crippen LogP contribution in [0, 0.1) is 5.41 Å². The van der Waals surface area contributed by atoms with Crippen LogP contribution in [-0.2, 0) is 42.1 Å². The minimum atomic E-state index is -4.23. The van der Waals surface area contributed by atoms with E-state index >= 15 is 0 Å². The predicted octanol–water partition coefficient (Wildman–Crippen LogP) is -0.557. The van der Waals surface area contributed by atoms with Crippen molar-refractivity contribution in [3.8, 4) is 0 Å². The second-order valence-electron chi connectivity index (χ2n) is 10.9. The van der Waals surface area contributed by atoms with Crippen molar-refractivity contribution in [3.05, 3.63) is 0 Å². The summed E-state index contributed by atoms with van der Waals surface area (Å²) in [7, 11) is -4.23. The number of nitrogens with one attached hydrogen (secondary N) is 2. The lowest BCUT2D eigenvalue weighted by molar-refractivity contribution is -0.268. The van der Waals surface area contributed by atoms with Gasteiger partial charge in [0, 0.05) is 13.5 Å². The van der Waals surface area contributed by atoms with Crippen molar-refractivity contribution < 1.29 is 62.4 Å². The predicted molar refractivity (Wildman–Crippen MR) is 141 cm³/mol. The third kappa shape index (κ3) is 15.1. The van der Waals surface area contributed by atoms with Crippen LogP contribution in [0.5, 0.6) is 0 Å². The lowest BCUT2D eigenvalue weighted by atomic mass is 9.89. The minimum absolute atomic E-state index is 0.0618. The molecular formula is C24H47N2O13P. The summed E-state index contributed by atoms with van der Waals surface area (Å²) in [6.07, 6.45) is -6.04. The molecular weight excluding hydrogens is 555 g/mol. The van der Waals surface area contributed by atoms with Gasteiger partial charge < -0.3 is 49.8 Å². The zero-order valence-electron chi connectivity index (χ0n) is 24.1. The van der Waals surface area contributed by atoms with Gasteiger partial charge in [0.05, 0.1) is 45.2 Å². The first kappa shape index (κ1) is 36.8. The summed E-state index contributed by atoms with van der Waals surface area (Å²) < 4.78 is 44.2. The van der Waals surface area contributed by atoms with E-state index in [9.17, 15) is 34.4 Å². The van der Waals surface area contributed by atoms with Gasteiger partial charge >= 0.3 is 7.82 Å². The molecule has 1 saturated heterocycles. The summed E-state index contributed by atoms with van der Waals surface area (Å²) in [5, 5.41) is 34.6. The van der Waals surface area contributed by atoms with Crippen molar-refractivity contribution in [2.24, 2.45) is 5.41 Å². The summed E-state index contributed by atoms with van der Waals surface area (Å²) in [4.78, 5) is 33.5. The number of amides is 2. The highest BCUT2D eigenvalue weighted by Crippen LogP contribution is 2.47. The molecule has 0 spiro atoms. The smallest absolute Gasteiger partial charge is 0.394 e. The molecule has 236 valence electrons. The fourth-order valence-corrected chi connectivity index (χ4v) is 4.90. The van der Waals surface area contributed by atoms with Crippen molar-refractivity contribution in [2.45, 2.75) is 90.8 Å². The first-order chi connectivity index (χ1) is 18.5. The number of carbonyl (C=O) groups excluding carboxylic acids is 2. The van der Waals surface area contributed by atoms with Crippen LogP contribution in [0.15, 0.2) is 0 Å². The van der Waals surface area contributed by atoms with E-state index in [4.69, 9.17) is 28.0 Å². The second-order valence-corrected chi connectivity index (χ2v) is 12.3. The van der Waals surface area contributed by atoms with E-state index in [1.165, 1.54) is 6.92 Å². The Morgan fingerprint density at radius 2 is 1.70 bits per heavy atom. The normalized spacial score (nSPS) is 25.8. The average Bonchev–Trinajstić information content (AvgIpc) is 2.80. The SMILES string of the molecule is CC(=O)N[C@H]1[C@H](OCC(=O)NCCOCCOC[C@@H](CC(C)(C)C)OP(=O)(O)OC(C)C)O[C@H](CO)[C@H](O)[C@@H]1O. The van der Waals surface area contributed by atoms with E-state index in [2.05, 4.69) is 10.6 Å². The third-order valence-corrected chi connectivity index (χ3v) is 6.59. The standard InChI is InChI=1S/C24H47N2O13P/c1-15(2)38-40(32,33)39-17(11-24(4,5)6)13-35-10-9-34-8-7-25-19(29)14-36-23-20(26-16(3)28)22(31)21(30)18(12-27)37-23/h15,17-18,20-23,27,30-31H,7-14H2,1-6H3,(H,25,29)(H,26,28)(H,32,33)/t17-,18-,20-,21+,22-,23-/m1/s1. The number of rotatable bonds is 18. The zero-order chi connectivity index (χ0) is 30.5. The molecule has 7 atom stereocenters. The van der Waals surface area contributed by atoms with Gasteiger partial charge in [-0.3, -0.25) is 18.6 Å². The number of hydrogen-bond acceptors (Lipinski definition) is 12. The van der Waals surface area contributed by atoms with Crippen LogP contribution < -0.4 is 10.6 Å². The van der Waals surface area contributed by atoms with Crippen molar-refractivity contribution in [2.75, 3.05) is 46.2 Å². The third-order valence-electron chi connectivity index (χ3n) is 5.34. The summed E-state index contributed by atoms with van der Waals surface area (Å²) in [6, 6.07) is -1.15. The molecule has 1 unspecified atom stereocenters. The topological polar surface area (TPSA) is 212 Å². The first-order valence-corrected chi connectivity index (χ1v) is 14.7. The average molecular weight is 603 g/mol. The molecule has 1 heterocycles. The van der Waals surface area contributed by atoms with Gasteiger partial charge in [0.25, 0.3) is 0 Å². The Morgan fingerprint density at radius 3 is 2.27 bits per heavy atom. The van der Waals surface area contributed by atoms with Gasteiger partial charge in [-0.05, 0) is 25.7 Å². The Morgan fingerprint density at radius 1 is 1.05 bits per heavy atom. The Balaban J connectivity index is 2.34. The Labute approximate surface area is 235 Å². The van der Waals surface area contributed by atoms with Crippen LogP contribution in [0.3, 0.4) is 0 Å². The number of hydrogen-bond donors (Lipinski definition) is 6. The summed E-state index contributed by atoms with van der Waals surface area (Å²) in [5.74, 6) is -1.03. The monoisotopic (exact) mass is 602 g/mol. The number of ether oxygens (including phenoxy) is 4. The molecule has 40 heavy (non-hydrogen) atoms. The molecule has 1 aliphatic rings. The fraction of sp³-hybridized carbons (Fsp3) is 0.917. The molecule has 1 fully saturated rings. The number of phosphoric ester groups is 1. The number of aliphatic hydroxyl groups excluding tert-OH is 3. The lowest BCUT2D eigenvalue weighted by Gasteiger charge is -2.42. The van der Waals surface area contributed by atoms with Gasteiger partial charge in [-0.15, -0.1) is 0 Å². The molecule has 1 rings (SSSR count). The second kappa shape index (κ2) is 17.7. The summed E-state index contributed by atoms with van der Waals surface area (Å²) in [6.45, 7) is 10.1. The van der Waals surface area contributed by atoms with Gasteiger partial charge in [-0.2, -0.15) is 0 Å². The molecule has 0 aliphatic carbocycles. The Bertz CT molecular complexity index is 810. The number of phosphoric acid groups is 1. The van der Waals surface area contributed by atoms with Gasteiger partial charge in [0.2, 0.25) is 11.8 Å². The summed E-state index contributed by atoms with van der Waals surface area (Å²) in [5.41, 5.74) is -0.181. The van der Waals surface area contributed by atoms with Gasteiger partial charge in [0.1, 0.15) is 31.0 Å². The molecule has 1 aliphatic heterocycles. The van der Waals surface area contributed by atoms with Crippen LogP contribution in [0.2, 0.25) is 0 Å². The van der Waals surface area contributed by atoms with Crippen molar-refractivity contribution in [1.82, 2.24) is 10.6 Å². The molecule has 6 N–H and O–H groups in total. The van der Waals surface area contributed by atoms with Crippen LogP contribution in [0.4, 0.5) is 0 Å². The molecule has 0 saturated carbocycles.